The lowest BCUT2D eigenvalue weighted by molar-refractivity contribution is 0.475. The number of rotatable bonds is 2. The van der Waals surface area contributed by atoms with Crippen molar-refractivity contribution in [1.29, 1.82) is 0 Å². The second-order valence-electron chi connectivity index (χ2n) is 3.09. The van der Waals surface area contributed by atoms with Crippen molar-refractivity contribution in [3.63, 3.8) is 0 Å². The van der Waals surface area contributed by atoms with E-state index in [1.165, 1.54) is 0 Å². The summed E-state index contributed by atoms with van der Waals surface area (Å²) in [5.41, 5.74) is 1.59. The Balaban J connectivity index is 2.37. The van der Waals surface area contributed by atoms with Gasteiger partial charge in [-0.25, -0.2) is 4.98 Å². The van der Waals surface area contributed by atoms with Gasteiger partial charge in [-0.05, 0) is 12.1 Å². The maximum Gasteiger partial charge on any atom is 0.144 e. The Hall–Kier alpha value is -2.10. The molecule has 2 rings (SSSR count). The van der Waals surface area contributed by atoms with Crippen LogP contribution in [0.4, 0.5) is 5.82 Å². The van der Waals surface area contributed by atoms with Crippen molar-refractivity contribution in [2.75, 3.05) is 12.4 Å². The minimum Gasteiger partial charge on any atom is -0.508 e. The van der Waals surface area contributed by atoms with E-state index < -0.39 is 0 Å². The van der Waals surface area contributed by atoms with Crippen molar-refractivity contribution in [3.8, 4) is 17.0 Å². The summed E-state index contributed by atoms with van der Waals surface area (Å²) in [6.07, 6.45) is 3.32. The van der Waals surface area contributed by atoms with Crippen LogP contribution in [0.15, 0.2) is 36.7 Å². The van der Waals surface area contributed by atoms with Gasteiger partial charge in [0.1, 0.15) is 11.6 Å². The van der Waals surface area contributed by atoms with Gasteiger partial charge in [0.15, 0.2) is 0 Å². The highest BCUT2D eigenvalue weighted by atomic mass is 16.3. The van der Waals surface area contributed by atoms with Crippen molar-refractivity contribution in [2.24, 2.45) is 0 Å². The standard InChI is InChI=1S/C11H11N3O/c1-12-11-7-13-10(6-14-11)8-3-2-4-9(15)5-8/h2-7,15H,1H3,(H,12,14). The number of anilines is 1. The molecular formula is C11H11N3O. The molecule has 0 atom stereocenters. The molecule has 1 heterocycles. The van der Waals surface area contributed by atoms with Crippen molar-refractivity contribution in [2.45, 2.75) is 0 Å². The zero-order chi connectivity index (χ0) is 10.7. The predicted molar refractivity (Wildman–Crippen MR) is 58.7 cm³/mol. The number of phenols is 1. The number of aromatic nitrogens is 2. The van der Waals surface area contributed by atoms with Gasteiger partial charge in [-0.15, -0.1) is 0 Å². The van der Waals surface area contributed by atoms with E-state index in [-0.39, 0.29) is 5.75 Å². The highest BCUT2D eigenvalue weighted by Gasteiger charge is 2.00. The zero-order valence-electron chi connectivity index (χ0n) is 8.31. The lowest BCUT2D eigenvalue weighted by atomic mass is 10.1. The third kappa shape index (κ3) is 2.04. The summed E-state index contributed by atoms with van der Waals surface area (Å²) in [6.45, 7) is 0. The monoisotopic (exact) mass is 201 g/mol. The molecule has 4 nitrogen and oxygen atoms in total. The van der Waals surface area contributed by atoms with E-state index in [1.807, 2.05) is 6.07 Å². The van der Waals surface area contributed by atoms with Crippen LogP contribution < -0.4 is 5.32 Å². The van der Waals surface area contributed by atoms with Crippen molar-refractivity contribution in [3.05, 3.63) is 36.7 Å². The van der Waals surface area contributed by atoms with Crippen molar-refractivity contribution >= 4 is 5.82 Å². The summed E-state index contributed by atoms with van der Waals surface area (Å²) >= 11 is 0. The predicted octanol–water partition coefficient (Wildman–Crippen LogP) is 1.89. The van der Waals surface area contributed by atoms with Crippen molar-refractivity contribution in [1.82, 2.24) is 9.97 Å². The molecule has 1 aromatic heterocycles. The van der Waals surface area contributed by atoms with E-state index in [2.05, 4.69) is 15.3 Å². The average molecular weight is 201 g/mol. The molecular weight excluding hydrogens is 190 g/mol. The molecule has 0 aliphatic heterocycles. The van der Waals surface area contributed by atoms with Crippen LogP contribution in [0.1, 0.15) is 0 Å². The molecule has 1 aromatic carbocycles. The molecule has 0 aliphatic carbocycles. The largest absolute Gasteiger partial charge is 0.508 e. The van der Waals surface area contributed by atoms with E-state index in [0.717, 1.165) is 17.1 Å². The molecule has 0 bridgehead atoms. The lowest BCUT2D eigenvalue weighted by Crippen LogP contribution is -1.93. The Morgan fingerprint density at radius 3 is 2.67 bits per heavy atom. The molecule has 76 valence electrons. The fourth-order valence-electron chi connectivity index (χ4n) is 1.27. The van der Waals surface area contributed by atoms with Gasteiger partial charge in [-0.2, -0.15) is 0 Å². The van der Waals surface area contributed by atoms with Crippen molar-refractivity contribution < 1.29 is 5.11 Å². The van der Waals surface area contributed by atoms with Gasteiger partial charge in [0.25, 0.3) is 0 Å². The minimum atomic E-state index is 0.229. The van der Waals surface area contributed by atoms with Gasteiger partial charge >= 0.3 is 0 Å². The van der Waals surface area contributed by atoms with Gasteiger partial charge in [0.2, 0.25) is 0 Å². The van der Waals surface area contributed by atoms with Gasteiger partial charge in [-0.1, -0.05) is 12.1 Å². The first kappa shape index (κ1) is 9.45. The summed E-state index contributed by atoms with van der Waals surface area (Å²) in [5.74, 6) is 0.950. The second kappa shape index (κ2) is 3.96. The third-order valence-electron chi connectivity index (χ3n) is 2.05. The molecule has 15 heavy (non-hydrogen) atoms. The van der Waals surface area contributed by atoms with Gasteiger partial charge < -0.3 is 10.4 Å². The summed E-state index contributed by atoms with van der Waals surface area (Å²) in [7, 11) is 1.79. The normalized spacial score (nSPS) is 9.93. The first-order valence-corrected chi connectivity index (χ1v) is 4.59. The van der Waals surface area contributed by atoms with Crippen LogP contribution in [-0.4, -0.2) is 22.1 Å². The molecule has 0 fully saturated rings. The molecule has 0 radical (unpaired) electrons. The Bertz CT molecular complexity index is 454. The Morgan fingerprint density at radius 1 is 1.20 bits per heavy atom. The smallest absolute Gasteiger partial charge is 0.144 e. The van der Waals surface area contributed by atoms with E-state index in [9.17, 15) is 5.11 Å². The highest BCUT2D eigenvalue weighted by Crippen LogP contribution is 2.20. The minimum absolute atomic E-state index is 0.229. The fraction of sp³-hybridized carbons (Fsp3) is 0.0909. The molecule has 0 unspecified atom stereocenters. The van der Waals surface area contributed by atoms with E-state index in [0.29, 0.717) is 0 Å². The molecule has 0 amide bonds. The second-order valence-corrected chi connectivity index (χ2v) is 3.09. The number of aromatic hydroxyl groups is 1. The summed E-state index contributed by atoms with van der Waals surface area (Å²) in [4.78, 5) is 8.37. The number of benzene rings is 1. The fourth-order valence-corrected chi connectivity index (χ4v) is 1.27. The van der Waals surface area contributed by atoms with E-state index in [4.69, 9.17) is 0 Å². The summed E-state index contributed by atoms with van der Waals surface area (Å²) in [5, 5.41) is 12.2. The SMILES string of the molecule is CNc1cnc(-c2cccc(O)c2)cn1. The number of hydrogen-bond acceptors (Lipinski definition) is 4. The van der Waals surface area contributed by atoms with Crippen LogP contribution in [0.3, 0.4) is 0 Å². The van der Waals surface area contributed by atoms with Crippen LogP contribution in [0.2, 0.25) is 0 Å². The number of hydrogen-bond donors (Lipinski definition) is 2. The highest BCUT2D eigenvalue weighted by molar-refractivity contribution is 5.60. The lowest BCUT2D eigenvalue weighted by Gasteiger charge is -2.02. The van der Waals surface area contributed by atoms with Crippen LogP contribution in [0.25, 0.3) is 11.3 Å². The van der Waals surface area contributed by atoms with Crippen LogP contribution in [-0.2, 0) is 0 Å². The van der Waals surface area contributed by atoms with E-state index in [1.54, 1.807) is 37.6 Å². The molecule has 0 aliphatic rings. The maximum atomic E-state index is 9.31. The Morgan fingerprint density at radius 2 is 2.07 bits per heavy atom. The Labute approximate surface area is 87.6 Å². The van der Waals surface area contributed by atoms with Gasteiger partial charge in [-0.3, -0.25) is 4.98 Å². The number of nitrogens with one attached hydrogen (secondary N) is 1. The number of phenolic OH excluding ortho intramolecular Hbond substituents is 1. The van der Waals surface area contributed by atoms with Crippen LogP contribution in [0, 0.1) is 0 Å². The molecule has 0 saturated carbocycles. The van der Waals surface area contributed by atoms with Gasteiger partial charge in [0, 0.05) is 12.6 Å². The average Bonchev–Trinajstić information content (AvgIpc) is 2.29. The topological polar surface area (TPSA) is 58.0 Å². The molecule has 2 aromatic rings. The molecule has 0 spiro atoms. The van der Waals surface area contributed by atoms with Gasteiger partial charge in [0.05, 0.1) is 18.1 Å². The first-order valence-electron chi connectivity index (χ1n) is 4.59. The molecule has 4 heteroatoms. The summed E-state index contributed by atoms with van der Waals surface area (Å²) in [6, 6.07) is 6.93. The quantitative estimate of drug-likeness (QED) is 0.779. The third-order valence-corrected chi connectivity index (χ3v) is 2.05. The van der Waals surface area contributed by atoms with E-state index >= 15 is 0 Å². The van der Waals surface area contributed by atoms with Crippen LogP contribution in [0.5, 0.6) is 5.75 Å². The molecule has 0 saturated heterocycles. The maximum absolute atomic E-state index is 9.31. The Kier molecular flexibility index (Phi) is 2.49. The summed E-state index contributed by atoms with van der Waals surface area (Å²) < 4.78 is 0. The first-order chi connectivity index (χ1) is 7.29. The molecule has 2 N–H and O–H groups in total. The zero-order valence-corrected chi connectivity index (χ0v) is 8.31. The van der Waals surface area contributed by atoms with Crippen LogP contribution >= 0.6 is 0 Å². The number of nitrogens with zero attached hydrogens (tertiary/aromatic N) is 2.